The van der Waals surface area contributed by atoms with E-state index in [9.17, 15) is 35.9 Å². The predicted molar refractivity (Wildman–Crippen MR) is 134 cm³/mol. The van der Waals surface area contributed by atoms with Crippen molar-refractivity contribution in [2.75, 3.05) is 6.54 Å². The number of aliphatic carboxylic acids is 1. The van der Waals surface area contributed by atoms with Gasteiger partial charge in [0.05, 0.1) is 11.1 Å². The SMILES string of the molecule is CCCC(C)(CNC(=O)c1c2nc(C)cc(OCc3c(F)ccc(F)c3F)c2nn1C)NC(=O)O.O=C(O)C(F)(F)F. The van der Waals surface area contributed by atoms with E-state index in [1.807, 2.05) is 6.92 Å². The van der Waals surface area contributed by atoms with Crippen molar-refractivity contribution in [1.82, 2.24) is 25.4 Å². The molecule has 3 rings (SSSR count). The molecule has 0 aliphatic rings. The van der Waals surface area contributed by atoms with Gasteiger partial charge in [-0.3, -0.25) is 9.48 Å². The number of carboxylic acids is 1. The van der Waals surface area contributed by atoms with Crippen molar-refractivity contribution in [2.45, 2.75) is 51.9 Å². The number of nitrogens with zero attached hydrogens (tertiary/aromatic N) is 3. The molecule has 0 fully saturated rings. The van der Waals surface area contributed by atoms with Gasteiger partial charge in [-0.2, -0.15) is 18.3 Å². The third kappa shape index (κ3) is 8.47. The lowest BCUT2D eigenvalue weighted by Crippen LogP contribution is -2.53. The van der Waals surface area contributed by atoms with Crippen LogP contribution >= 0.6 is 0 Å². The van der Waals surface area contributed by atoms with Gasteiger partial charge in [0.1, 0.15) is 17.9 Å². The van der Waals surface area contributed by atoms with Crippen LogP contribution in [-0.2, 0) is 18.4 Å². The third-order valence-electron chi connectivity index (χ3n) is 5.70. The summed E-state index contributed by atoms with van der Waals surface area (Å²) in [6.07, 6.45) is -5.10. The van der Waals surface area contributed by atoms with Gasteiger partial charge in [-0.05, 0) is 32.4 Å². The summed E-state index contributed by atoms with van der Waals surface area (Å²) in [5.74, 6) is -6.71. The van der Waals surface area contributed by atoms with E-state index >= 15 is 0 Å². The van der Waals surface area contributed by atoms with Crippen LogP contribution in [0.25, 0.3) is 11.0 Å². The number of ether oxygens (including phenoxy) is 1. The molecular formula is C25H27F6N5O6. The number of carboxylic acid groups (broad SMARTS) is 2. The molecule has 1 atom stereocenters. The molecule has 3 aromatic rings. The predicted octanol–water partition coefficient (Wildman–Crippen LogP) is 4.46. The normalized spacial score (nSPS) is 12.6. The van der Waals surface area contributed by atoms with Crippen molar-refractivity contribution in [3.05, 3.63) is 52.6 Å². The number of aromatic nitrogens is 3. The molecule has 0 bridgehead atoms. The van der Waals surface area contributed by atoms with Gasteiger partial charge in [-0.15, -0.1) is 0 Å². The number of amides is 2. The lowest BCUT2D eigenvalue weighted by atomic mass is 9.96. The zero-order valence-corrected chi connectivity index (χ0v) is 22.7. The fourth-order valence-corrected chi connectivity index (χ4v) is 3.83. The molecule has 1 aromatic carbocycles. The first-order chi connectivity index (χ1) is 19.4. The quantitative estimate of drug-likeness (QED) is 0.205. The highest BCUT2D eigenvalue weighted by Crippen LogP contribution is 2.28. The summed E-state index contributed by atoms with van der Waals surface area (Å²) in [4.78, 5) is 37.5. The fourth-order valence-electron chi connectivity index (χ4n) is 3.83. The molecule has 42 heavy (non-hydrogen) atoms. The van der Waals surface area contributed by atoms with Crippen molar-refractivity contribution in [3.8, 4) is 5.75 Å². The molecule has 1 unspecified atom stereocenters. The minimum Gasteiger partial charge on any atom is -0.486 e. The molecule has 0 aliphatic heterocycles. The molecule has 0 saturated heterocycles. The standard InChI is InChI=1S/C23H26F3N5O4.C2HF3O2/c1-5-8-23(3,29-22(33)34)11-27-21(32)20-19-18(30-31(20)4)16(9-12(2)28-19)35-10-13-14(24)6-7-15(25)17(13)26;3-2(4,5)1(6)7/h6-7,9,29H,5,8,10-11H2,1-4H3,(H,27,32)(H,33,34);(H,6,7). The number of alkyl halides is 3. The Kier molecular flexibility index (Phi) is 10.7. The maximum absolute atomic E-state index is 14.0. The van der Waals surface area contributed by atoms with E-state index in [-0.39, 0.29) is 29.0 Å². The molecule has 2 amide bonds. The maximum Gasteiger partial charge on any atom is 0.490 e. The van der Waals surface area contributed by atoms with Crippen LogP contribution in [0.2, 0.25) is 0 Å². The van der Waals surface area contributed by atoms with Crippen LogP contribution in [0.15, 0.2) is 18.2 Å². The zero-order valence-electron chi connectivity index (χ0n) is 22.7. The summed E-state index contributed by atoms with van der Waals surface area (Å²) in [5.41, 5.74) is -0.586. The third-order valence-corrected chi connectivity index (χ3v) is 5.70. The van der Waals surface area contributed by atoms with Gasteiger partial charge in [-0.1, -0.05) is 13.3 Å². The summed E-state index contributed by atoms with van der Waals surface area (Å²) >= 11 is 0. The summed E-state index contributed by atoms with van der Waals surface area (Å²) in [6, 6.07) is 2.98. The average molecular weight is 608 g/mol. The van der Waals surface area contributed by atoms with Gasteiger partial charge in [0.25, 0.3) is 5.91 Å². The number of hydrogen-bond acceptors (Lipinski definition) is 6. The molecule has 2 heterocycles. The summed E-state index contributed by atoms with van der Waals surface area (Å²) in [7, 11) is 1.52. The first kappa shape index (κ1) is 33.6. The molecule has 0 aliphatic carbocycles. The van der Waals surface area contributed by atoms with Gasteiger partial charge >= 0.3 is 18.2 Å². The minimum absolute atomic E-state index is 0.0198. The number of carbonyl (C=O) groups excluding carboxylic acids is 1. The lowest BCUT2D eigenvalue weighted by Gasteiger charge is -2.29. The van der Waals surface area contributed by atoms with Crippen molar-refractivity contribution in [3.63, 3.8) is 0 Å². The Morgan fingerprint density at radius 3 is 2.21 bits per heavy atom. The number of nitrogens with one attached hydrogen (secondary N) is 2. The molecule has 0 spiro atoms. The van der Waals surface area contributed by atoms with Crippen molar-refractivity contribution >= 4 is 29.0 Å². The number of benzene rings is 1. The summed E-state index contributed by atoms with van der Waals surface area (Å²) in [5, 5.41) is 25.7. The summed E-state index contributed by atoms with van der Waals surface area (Å²) in [6.45, 7) is 4.63. The zero-order chi connectivity index (χ0) is 32.0. The van der Waals surface area contributed by atoms with E-state index in [1.165, 1.54) is 17.8 Å². The van der Waals surface area contributed by atoms with Crippen LogP contribution in [0.3, 0.4) is 0 Å². The first-order valence-electron chi connectivity index (χ1n) is 12.1. The Morgan fingerprint density at radius 2 is 1.67 bits per heavy atom. The number of fused-ring (bicyclic) bond motifs is 1. The average Bonchev–Trinajstić information content (AvgIpc) is 3.20. The fraction of sp³-hybridized carbons (Fsp3) is 0.400. The van der Waals surface area contributed by atoms with Crippen molar-refractivity contribution in [2.24, 2.45) is 7.05 Å². The van der Waals surface area contributed by atoms with E-state index < -0.39 is 59.3 Å². The second-order valence-corrected chi connectivity index (χ2v) is 9.27. The van der Waals surface area contributed by atoms with Gasteiger partial charge in [0.2, 0.25) is 0 Å². The first-order valence-corrected chi connectivity index (χ1v) is 12.1. The Bertz CT molecular complexity index is 1480. The number of hydrogen-bond donors (Lipinski definition) is 4. The van der Waals surface area contributed by atoms with Crippen molar-refractivity contribution in [1.29, 1.82) is 0 Å². The van der Waals surface area contributed by atoms with Crippen LogP contribution in [0.5, 0.6) is 5.75 Å². The highest BCUT2D eigenvalue weighted by Gasteiger charge is 2.38. The van der Waals surface area contributed by atoms with E-state index in [1.54, 1.807) is 13.8 Å². The van der Waals surface area contributed by atoms with E-state index in [0.717, 1.165) is 6.07 Å². The van der Waals surface area contributed by atoms with E-state index in [4.69, 9.17) is 19.7 Å². The van der Waals surface area contributed by atoms with E-state index in [2.05, 4.69) is 20.7 Å². The van der Waals surface area contributed by atoms with Crippen LogP contribution in [0, 0.1) is 24.4 Å². The molecule has 11 nitrogen and oxygen atoms in total. The van der Waals surface area contributed by atoms with Gasteiger partial charge in [-0.25, -0.2) is 27.7 Å². The molecule has 2 aromatic heterocycles. The number of rotatable bonds is 9. The molecule has 4 N–H and O–H groups in total. The number of carbonyl (C=O) groups is 3. The molecule has 0 radical (unpaired) electrons. The second kappa shape index (κ2) is 13.4. The number of halogens is 6. The Hall–Kier alpha value is -4.57. The highest BCUT2D eigenvalue weighted by molar-refractivity contribution is 6.04. The Morgan fingerprint density at radius 1 is 1.07 bits per heavy atom. The topological polar surface area (TPSA) is 156 Å². The van der Waals surface area contributed by atoms with Gasteiger partial charge in [0, 0.05) is 25.4 Å². The molecular weight excluding hydrogens is 580 g/mol. The number of aryl methyl sites for hydroxylation is 2. The molecule has 0 saturated carbocycles. The van der Waals surface area contributed by atoms with Crippen LogP contribution in [-0.4, -0.2) is 61.2 Å². The second-order valence-electron chi connectivity index (χ2n) is 9.27. The van der Waals surface area contributed by atoms with Gasteiger partial charge < -0.3 is 25.6 Å². The van der Waals surface area contributed by atoms with Crippen molar-refractivity contribution < 1.29 is 55.7 Å². The smallest absolute Gasteiger partial charge is 0.486 e. The Labute approximate surface area is 234 Å². The van der Waals surface area contributed by atoms with E-state index in [0.29, 0.717) is 24.6 Å². The largest absolute Gasteiger partial charge is 0.490 e. The lowest BCUT2D eigenvalue weighted by molar-refractivity contribution is -0.192. The maximum atomic E-state index is 14.0. The van der Waals surface area contributed by atoms with Gasteiger partial charge in [0.15, 0.2) is 28.6 Å². The van der Waals surface area contributed by atoms with Crippen LogP contribution < -0.4 is 15.4 Å². The Balaban J connectivity index is 0.000000782. The van der Waals surface area contributed by atoms with Crippen LogP contribution in [0.1, 0.15) is 48.4 Å². The summed E-state index contributed by atoms with van der Waals surface area (Å²) < 4.78 is 80.1. The number of pyridine rings is 1. The molecule has 230 valence electrons. The highest BCUT2D eigenvalue weighted by atomic mass is 19.4. The molecule has 17 heteroatoms. The van der Waals surface area contributed by atoms with Crippen LogP contribution in [0.4, 0.5) is 31.1 Å². The monoisotopic (exact) mass is 607 g/mol. The minimum atomic E-state index is -5.08.